The van der Waals surface area contributed by atoms with Crippen LogP contribution in [0.5, 0.6) is 0 Å². The molecule has 4 aromatic heterocycles. The topological polar surface area (TPSA) is 156 Å². The van der Waals surface area contributed by atoms with Crippen molar-refractivity contribution in [1.29, 1.82) is 0 Å². The van der Waals surface area contributed by atoms with E-state index in [1.165, 1.54) is 31.7 Å². The van der Waals surface area contributed by atoms with Crippen molar-refractivity contribution < 1.29 is 22.8 Å². The van der Waals surface area contributed by atoms with Gasteiger partial charge in [-0.1, -0.05) is 0 Å². The van der Waals surface area contributed by atoms with Gasteiger partial charge >= 0.3 is 18.0 Å². The van der Waals surface area contributed by atoms with E-state index in [1.807, 2.05) is 0 Å². The molecule has 4 heterocycles. The van der Waals surface area contributed by atoms with E-state index in [0.717, 1.165) is 11.0 Å². The Morgan fingerprint density at radius 1 is 1.09 bits per heavy atom. The zero-order valence-corrected chi connectivity index (χ0v) is 18.2. The maximum atomic E-state index is 13.1. The number of aromatic amines is 1. The van der Waals surface area contributed by atoms with Gasteiger partial charge in [0.25, 0.3) is 0 Å². The van der Waals surface area contributed by atoms with Crippen molar-refractivity contribution in [2.45, 2.75) is 26.2 Å². The number of nitrogens with one attached hydrogen (secondary N) is 2. The average Bonchev–Trinajstić information content (AvgIpc) is 3.32. The second kappa shape index (κ2) is 9.32. The standard InChI is InChI=1S/C21H18F3N9O2/c1-11-5-12(21(22,23)24)6-28-15(11)9-33(10-16-26-3-2-4-27-16)20(35)19(34)31-14-8-29-18(25)13-7-30-32-17(13)14/h2-8H,9-10H2,1H3,(H2,25,29)(H,30,32)(H,31,34). The highest BCUT2D eigenvalue weighted by molar-refractivity contribution is 6.40. The lowest BCUT2D eigenvalue weighted by atomic mass is 10.1. The number of halogens is 3. The maximum Gasteiger partial charge on any atom is 0.417 e. The number of hydrogen-bond donors (Lipinski definition) is 3. The van der Waals surface area contributed by atoms with Gasteiger partial charge in [-0.3, -0.25) is 19.7 Å². The molecule has 0 radical (unpaired) electrons. The molecule has 0 unspecified atom stereocenters. The van der Waals surface area contributed by atoms with Gasteiger partial charge in [0, 0.05) is 18.6 Å². The third-order valence-corrected chi connectivity index (χ3v) is 5.05. The van der Waals surface area contributed by atoms with Crippen molar-refractivity contribution in [2.75, 3.05) is 11.1 Å². The number of nitrogens with two attached hydrogens (primary N) is 1. The zero-order valence-electron chi connectivity index (χ0n) is 18.2. The molecule has 0 saturated carbocycles. The number of carbonyl (C=O) groups is 2. The van der Waals surface area contributed by atoms with E-state index in [4.69, 9.17) is 5.73 Å². The van der Waals surface area contributed by atoms with Gasteiger partial charge in [0.1, 0.15) is 11.6 Å². The Hall–Kier alpha value is -4.62. The molecule has 11 nitrogen and oxygen atoms in total. The number of aryl methyl sites for hydroxylation is 1. The Morgan fingerprint density at radius 3 is 2.51 bits per heavy atom. The SMILES string of the molecule is Cc1cc(C(F)(F)F)cnc1CN(Cc1ncccn1)C(=O)C(=O)Nc1cnc(N)c2cn[nH]c12. The molecule has 0 aromatic carbocycles. The summed E-state index contributed by atoms with van der Waals surface area (Å²) in [5, 5.41) is 9.45. The number of carbonyl (C=O) groups excluding carboxylic acids is 2. The molecule has 4 N–H and O–H groups in total. The van der Waals surface area contributed by atoms with E-state index >= 15 is 0 Å². The van der Waals surface area contributed by atoms with Crippen LogP contribution in [0.4, 0.5) is 24.7 Å². The molecule has 0 aliphatic carbocycles. The van der Waals surface area contributed by atoms with Crippen LogP contribution in [0.15, 0.2) is 43.1 Å². The normalized spacial score (nSPS) is 11.4. The summed E-state index contributed by atoms with van der Waals surface area (Å²) in [4.78, 5) is 43.0. The molecular weight excluding hydrogens is 467 g/mol. The number of H-pyrrole nitrogens is 1. The number of fused-ring (bicyclic) bond motifs is 1. The third-order valence-electron chi connectivity index (χ3n) is 5.05. The molecule has 14 heteroatoms. The third kappa shape index (κ3) is 5.15. The van der Waals surface area contributed by atoms with Crippen LogP contribution in [-0.4, -0.2) is 46.8 Å². The molecule has 180 valence electrons. The summed E-state index contributed by atoms with van der Waals surface area (Å²) in [7, 11) is 0. The van der Waals surface area contributed by atoms with E-state index in [1.54, 1.807) is 6.07 Å². The van der Waals surface area contributed by atoms with Gasteiger partial charge in [-0.25, -0.2) is 15.0 Å². The minimum atomic E-state index is -4.56. The Bertz CT molecular complexity index is 1390. The fourth-order valence-electron chi connectivity index (χ4n) is 3.25. The Labute approximate surface area is 195 Å². The van der Waals surface area contributed by atoms with Gasteiger partial charge in [0.2, 0.25) is 0 Å². The second-order valence-corrected chi connectivity index (χ2v) is 7.48. The largest absolute Gasteiger partial charge is 0.417 e. The van der Waals surface area contributed by atoms with Crippen molar-refractivity contribution >= 4 is 34.2 Å². The molecule has 0 fully saturated rings. The molecule has 4 aromatic rings. The molecule has 0 saturated heterocycles. The van der Waals surface area contributed by atoms with Crippen LogP contribution in [0.25, 0.3) is 10.9 Å². The predicted molar refractivity (Wildman–Crippen MR) is 117 cm³/mol. The lowest BCUT2D eigenvalue weighted by Crippen LogP contribution is -2.39. The number of aromatic nitrogens is 6. The highest BCUT2D eigenvalue weighted by Crippen LogP contribution is 2.30. The maximum absolute atomic E-state index is 13.1. The first kappa shape index (κ1) is 23.5. The first-order chi connectivity index (χ1) is 16.6. The summed E-state index contributed by atoms with van der Waals surface area (Å²) in [5.41, 5.74) is 5.79. The molecule has 0 aliphatic rings. The summed E-state index contributed by atoms with van der Waals surface area (Å²) in [6, 6.07) is 2.51. The van der Waals surface area contributed by atoms with Crippen molar-refractivity contribution in [1.82, 2.24) is 35.0 Å². The van der Waals surface area contributed by atoms with E-state index in [2.05, 4.69) is 35.5 Å². The minimum Gasteiger partial charge on any atom is -0.383 e. The van der Waals surface area contributed by atoms with Crippen LogP contribution in [0.3, 0.4) is 0 Å². The van der Waals surface area contributed by atoms with E-state index < -0.39 is 23.6 Å². The molecule has 2 amide bonds. The van der Waals surface area contributed by atoms with Crippen molar-refractivity contribution in [2.24, 2.45) is 0 Å². The zero-order chi connectivity index (χ0) is 25.2. The molecule has 0 bridgehead atoms. The highest BCUT2D eigenvalue weighted by atomic mass is 19.4. The number of pyridine rings is 2. The summed E-state index contributed by atoms with van der Waals surface area (Å²) >= 11 is 0. The monoisotopic (exact) mass is 485 g/mol. The lowest BCUT2D eigenvalue weighted by Gasteiger charge is -2.22. The van der Waals surface area contributed by atoms with Gasteiger partial charge in [-0.05, 0) is 24.6 Å². The highest BCUT2D eigenvalue weighted by Gasteiger charge is 2.32. The van der Waals surface area contributed by atoms with Gasteiger partial charge in [0.05, 0.1) is 53.3 Å². The Morgan fingerprint density at radius 2 is 1.83 bits per heavy atom. The van der Waals surface area contributed by atoms with Crippen LogP contribution < -0.4 is 11.1 Å². The minimum absolute atomic E-state index is 0.171. The van der Waals surface area contributed by atoms with Gasteiger partial charge in [0.15, 0.2) is 0 Å². The number of alkyl halides is 3. The van der Waals surface area contributed by atoms with Crippen molar-refractivity contribution in [3.05, 3.63) is 65.8 Å². The fraction of sp³-hybridized carbons (Fsp3) is 0.190. The van der Waals surface area contributed by atoms with E-state index in [9.17, 15) is 22.8 Å². The van der Waals surface area contributed by atoms with Crippen LogP contribution in [-0.2, 0) is 28.9 Å². The number of anilines is 2. The molecular formula is C21H18F3N9O2. The lowest BCUT2D eigenvalue weighted by molar-refractivity contribution is -0.144. The average molecular weight is 485 g/mol. The van der Waals surface area contributed by atoms with Crippen LogP contribution in [0, 0.1) is 6.92 Å². The van der Waals surface area contributed by atoms with E-state index in [0.29, 0.717) is 17.1 Å². The number of amides is 2. The number of nitrogens with zero attached hydrogens (tertiary/aromatic N) is 6. The molecule has 0 atom stereocenters. The quantitative estimate of drug-likeness (QED) is 0.363. The number of rotatable bonds is 5. The summed E-state index contributed by atoms with van der Waals surface area (Å²) < 4.78 is 39.0. The molecule has 4 rings (SSSR count). The molecule has 35 heavy (non-hydrogen) atoms. The van der Waals surface area contributed by atoms with Crippen molar-refractivity contribution in [3.63, 3.8) is 0 Å². The molecule has 0 spiro atoms. The number of nitrogen functional groups attached to an aromatic ring is 1. The molecule has 0 aliphatic heterocycles. The van der Waals surface area contributed by atoms with Crippen molar-refractivity contribution in [3.8, 4) is 0 Å². The first-order valence-electron chi connectivity index (χ1n) is 10.1. The van der Waals surface area contributed by atoms with Gasteiger partial charge in [-0.15, -0.1) is 0 Å². The summed E-state index contributed by atoms with van der Waals surface area (Å²) in [6.07, 6.45) is 1.73. The second-order valence-electron chi connectivity index (χ2n) is 7.48. The van der Waals surface area contributed by atoms with E-state index in [-0.39, 0.29) is 41.7 Å². The Balaban J connectivity index is 1.60. The summed E-state index contributed by atoms with van der Waals surface area (Å²) in [5.74, 6) is -1.59. The summed E-state index contributed by atoms with van der Waals surface area (Å²) in [6.45, 7) is 0.997. The first-order valence-corrected chi connectivity index (χ1v) is 10.1. The smallest absolute Gasteiger partial charge is 0.383 e. The van der Waals surface area contributed by atoms with Crippen LogP contribution in [0.1, 0.15) is 22.6 Å². The predicted octanol–water partition coefficient (Wildman–Crippen LogP) is 2.22. The number of hydrogen-bond acceptors (Lipinski definition) is 8. The Kier molecular flexibility index (Phi) is 6.27. The van der Waals surface area contributed by atoms with Gasteiger partial charge < -0.3 is 16.0 Å². The van der Waals surface area contributed by atoms with Gasteiger partial charge in [-0.2, -0.15) is 18.3 Å². The van der Waals surface area contributed by atoms with Crippen LogP contribution in [0.2, 0.25) is 0 Å². The fourth-order valence-corrected chi connectivity index (χ4v) is 3.25. The van der Waals surface area contributed by atoms with Crippen LogP contribution >= 0.6 is 0 Å².